The molecule has 1 heterocycles. The second-order valence-corrected chi connectivity index (χ2v) is 6.06. The third kappa shape index (κ3) is 3.59. The van der Waals surface area contributed by atoms with E-state index in [0.717, 1.165) is 16.2 Å². The molecule has 0 radical (unpaired) electrons. The van der Waals surface area contributed by atoms with Crippen molar-refractivity contribution in [2.45, 2.75) is 45.1 Å². The molecule has 1 aromatic rings. The van der Waals surface area contributed by atoms with Crippen LogP contribution in [0.4, 0.5) is 5.82 Å². The molecule has 2 atom stereocenters. The van der Waals surface area contributed by atoms with Gasteiger partial charge in [-0.05, 0) is 40.8 Å². The van der Waals surface area contributed by atoms with Gasteiger partial charge in [0.1, 0.15) is 5.82 Å². The van der Waals surface area contributed by atoms with E-state index in [0.29, 0.717) is 11.1 Å². The maximum absolute atomic E-state index is 5.89. The van der Waals surface area contributed by atoms with Crippen molar-refractivity contribution in [2.75, 3.05) is 5.32 Å². The zero-order valence-electron chi connectivity index (χ0n) is 10.0. The lowest BCUT2D eigenvalue weighted by atomic mass is 9.84. The number of halogens is 2. The van der Waals surface area contributed by atoms with Gasteiger partial charge in [0.15, 0.2) is 0 Å². The van der Waals surface area contributed by atoms with E-state index in [2.05, 4.69) is 33.2 Å². The summed E-state index contributed by atoms with van der Waals surface area (Å²) in [6.07, 6.45) is 8.17. The fourth-order valence-electron chi connectivity index (χ4n) is 2.51. The molecule has 2 rings (SSSR count). The first kappa shape index (κ1) is 13.2. The molecule has 0 bridgehead atoms. The number of nitrogens with one attached hydrogen (secondary N) is 1. The Labute approximate surface area is 116 Å². The van der Waals surface area contributed by atoms with Crippen molar-refractivity contribution in [3.8, 4) is 0 Å². The number of rotatable bonds is 3. The Morgan fingerprint density at radius 1 is 1.53 bits per heavy atom. The lowest BCUT2D eigenvalue weighted by Gasteiger charge is -2.29. The van der Waals surface area contributed by atoms with Crippen molar-refractivity contribution in [1.82, 2.24) is 4.98 Å². The number of pyridine rings is 1. The summed E-state index contributed by atoms with van der Waals surface area (Å²) in [4.78, 5) is 4.33. The lowest BCUT2D eigenvalue weighted by molar-refractivity contribution is 0.327. The van der Waals surface area contributed by atoms with E-state index in [-0.39, 0.29) is 0 Å². The zero-order valence-corrected chi connectivity index (χ0v) is 12.4. The topological polar surface area (TPSA) is 24.9 Å². The van der Waals surface area contributed by atoms with Gasteiger partial charge in [-0.3, -0.25) is 0 Å². The number of aromatic nitrogens is 1. The molecule has 4 heteroatoms. The monoisotopic (exact) mass is 316 g/mol. The summed E-state index contributed by atoms with van der Waals surface area (Å²) in [7, 11) is 0. The largest absolute Gasteiger partial charge is 0.366 e. The maximum atomic E-state index is 5.89. The standard InChI is InChI=1S/C13H18BrClN2/c1-2-9-4-3-5-11(6-9)17-13-12(14)7-10(15)8-16-13/h7-9,11H,2-6H2,1H3,(H,16,17). The highest BCUT2D eigenvalue weighted by molar-refractivity contribution is 9.10. The zero-order chi connectivity index (χ0) is 12.3. The first-order valence-corrected chi connectivity index (χ1v) is 7.43. The molecule has 1 N–H and O–H groups in total. The van der Waals surface area contributed by atoms with E-state index in [1.807, 2.05) is 6.07 Å². The van der Waals surface area contributed by atoms with Gasteiger partial charge in [0.2, 0.25) is 0 Å². The summed E-state index contributed by atoms with van der Waals surface area (Å²) in [6.45, 7) is 2.28. The van der Waals surface area contributed by atoms with Crippen LogP contribution in [0.25, 0.3) is 0 Å². The summed E-state index contributed by atoms with van der Waals surface area (Å²) in [5, 5.41) is 4.19. The van der Waals surface area contributed by atoms with Gasteiger partial charge < -0.3 is 5.32 Å². The normalized spacial score (nSPS) is 24.6. The Morgan fingerprint density at radius 3 is 3.06 bits per heavy atom. The molecule has 1 aliphatic carbocycles. The van der Waals surface area contributed by atoms with Crippen molar-refractivity contribution in [3.05, 3.63) is 21.8 Å². The molecule has 1 saturated carbocycles. The summed E-state index contributed by atoms with van der Waals surface area (Å²) >= 11 is 9.38. The quantitative estimate of drug-likeness (QED) is 0.859. The minimum Gasteiger partial charge on any atom is -0.366 e. The number of nitrogens with zero attached hydrogens (tertiary/aromatic N) is 1. The van der Waals surface area contributed by atoms with Crippen LogP contribution < -0.4 is 5.32 Å². The Hall–Kier alpha value is -0.280. The van der Waals surface area contributed by atoms with E-state index in [9.17, 15) is 0 Å². The first-order valence-electron chi connectivity index (χ1n) is 6.26. The van der Waals surface area contributed by atoms with Gasteiger partial charge in [0.25, 0.3) is 0 Å². The molecule has 17 heavy (non-hydrogen) atoms. The van der Waals surface area contributed by atoms with E-state index < -0.39 is 0 Å². The molecule has 2 nitrogen and oxygen atoms in total. The Balaban J connectivity index is 2.00. The van der Waals surface area contributed by atoms with Gasteiger partial charge in [-0.1, -0.05) is 37.8 Å². The highest BCUT2D eigenvalue weighted by atomic mass is 79.9. The molecule has 94 valence electrons. The van der Waals surface area contributed by atoms with Crippen LogP contribution >= 0.6 is 27.5 Å². The Bertz CT molecular complexity index is 384. The number of hydrogen-bond acceptors (Lipinski definition) is 2. The predicted octanol–water partition coefficient (Wildman–Crippen LogP) is 4.88. The summed E-state index contributed by atoms with van der Waals surface area (Å²) in [5.74, 6) is 1.78. The van der Waals surface area contributed by atoms with Crippen LogP contribution in [-0.2, 0) is 0 Å². The lowest BCUT2D eigenvalue weighted by Crippen LogP contribution is -2.27. The number of hydrogen-bond donors (Lipinski definition) is 1. The van der Waals surface area contributed by atoms with Crippen LogP contribution in [-0.4, -0.2) is 11.0 Å². The summed E-state index contributed by atoms with van der Waals surface area (Å²) in [6, 6.07) is 2.44. The van der Waals surface area contributed by atoms with Crippen molar-refractivity contribution in [1.29, 1.82) is 0 Å². The second-order valence-electron chi connectivity index (χ2n) is 4.77. The third-order valence-corrected chi connectivity index (χ3v) is 4.32. The maximum Gasteiger partial charge on any atom is 0.140 e. The molecule has 0 spiro atoms. The average molecular weight is 318 g/mol. The van der Waals surface area contributed by atoms with Crippen molar-refractivity contribution < 1.29 is 0 Å². The molecule has 0 amide bonds. The number of anilines is 1. The van der Waals surface area contributed by atoms with Crippen LogP contribution in [0, 0.1) is 5.92 Å². The van der Waals surface area contributed by atoms with Crippen LogP contribution in [0.5, 0.6) is 0 Å². The van der Waals surface area contributed by atoms with Crippen molar-refractivity contribution in [3.63, 3.8) is 0 Å². The third-order valence-electron chi connectivity index (χ3n) is 3.51. The minimum absolute atomic E-state index is 0.554. The van der Waals surface area contributed by atoms with Gasteiger partial charge in [-0.2, -0.15) is 0 Å². The smallest absolute Gasteiger partial charge is 0.140 e. The van der Waals surface area contributed by atoms with E-state index in [4.69, 9.17) is 11.6 Å². The summed E-state index contributed by atoms with van der Waals surface area (Å²) in [5.41, 5.74) is 0. The predicted molar refractivity (Wildman–Crippen MR) is 76.6 cm³/mol. The highest BCUT2D eigenvalue weighted by Gasteiger charge is 2.21. The van der Waals surface area contributed by atoms with Gasteiger partial charge in [-0.15, -0.1) is 0 Å². The molecule has 1 aromatic heterocycles. The first-order chi connectivity index (χ1) is 8.19. The van der Waals surface area contributed by atoms with Crippen molar-refractivity contribution >= 4 is 33.3 Å². The average Bonchev–Trinajstić information content (AvgIpc) is 2.33. The molecule has 2 unspecified atom stereocenters. The SMILES string of the molecule is CCC1CCCC(Nc2ncc(Cl)cc2Br)C1. The van der Waals surface area contributed by atoms with E-state index >= 15 is 0 Å². The highest BCUT2D eigenvalue weighted by Crippen LogP contribution is 2.30. The minimum atomic E-state index is 0.554. The second kappa shape index (κ2) is 6.05. The van der Waals surface area contributed by atoms with E-state index in [1.54, 1.807) is 6.20 Å². The van der Waals surface area contributed by atoms with Gasteiger partial charge in [0.05, 0.1) is 9.50 Å². The molecular weight excluding hydrogens is 300 g/mol. The van der Waals surface area contributed by atoms with Crippen LogP contribution in [0.1, 0.15) is 39.0 Å². The van der Waals surface area contributed by atoms with Crippen LogP contribution in [0.15, 0.2) is 16.7 Å². The molecule has 1 aliphatic rings. The molecule has 0 aromatic carbocycles. The van der Waals surface area contributed by atoms with Gasteiger partial charge in [-0.25, -0.2) is 4.98 Å². The van der Waals surface area contributed by atoms with Crippen molar-refractivity contribution in [2.24, 2.45) is 5.92 Å². The van der Waals surface area contributed by atoms with Crippen LogP contribution in [0.2, 0.25) is 5.02 Å². The molecule has 0 saturated heterocycles. The van der Waals surface area contributed by atoms with Gasteiger partial charge >= 0.3 is 0 Å². The molecular formula is C13H18BrClN2. The summed E-state index contributed by atoms with van der Waals surface area (Å²) < 4.78 is 0.948. The Kier molecular flexibility index (Phi) is 4.69. The molecule has 0 aliphatic heterocycles. The molecule has 1 fully saturated rings. The fourth-order valence-corrected chi connectivity index (χ4v) is 3.26. The fraction of sp³-hybridized carbons (Fsp3) is 0.615. The van der Waals surface area contributed by atoms with Crippen LogP contribution in [0.3, 0.4) is 0 Å². The van der Waals surface area contributed by atoms with E-state index in [1.165, 1.54) is 32.1 Å². The Morgan fingerprint density at radius 2 is 2.35 bits per heavy atom. The van der Waals surface area contributed by atoms with Gasteiger partial charge in [0, 0.05) is 12.2 Å².